The van der Waals surface area contributed by atoms with E-state index in [4.69, 9.17) is 4.74 Å². The van der Waals surface area contributed by atoms with Gasteiger partial charge in [-0.25, -0.2) is 0 Å². The van der Waals surface area contributed by atoms with Crippen LogP contribution in [0.5, 0.6) is 17.2 Å². The molecule has 2 aliphatic rings. The zero-order valence-corrected chi connectivity index (χ0v) is 16.0. The number of benzene rings is 1. The number of allylic oxidation sites excluding steroid dienone is 1. The number of rotatable bonds is 3. The van der Waals surface area contributed by atoms with Crippen molar-refractivity contribution >= 4 is 17.6 Å². The lowest BCUT2D eigenvalue weighted by Gasteiger charge is -2.27. The van der Waals surface area contributed by atoms with E-state index in [9.17, 15) is 24.9 Å². The van der Waals surface area contributed by atoms with Crippen LogP contribution in [0.15, 0.2) is 5.76 Å². The summed E-state index contributed by atoms with van der Waals surface area (Å²) >= 11 is 0. The van der Waals surface area contributed by atoms with Crippen LogP contribution in [0.1, 0.15) is 57.1 Å². The number of aliphatic hydroxyl groups excluding tert-OH is 1. The third kappa shape index (κ3) is 2.00. The van der Waals surface area contributed by atoms with Gasteiger partial charge in [0.25, 0.3) is 0 Å². The van der Waals surface area contributed by atoms with Crippen LogP contribution >= 0.6 is 0 Å². The van der Waals surface area contributed by atoms with Crippen LogP contribution in [0, 0.1) is 13.8 Å². The second-order valence-corrected chi connectivity index (χ2v) is 7.31. The number of carbonyl (C=O) groups excluding carboxylic acids is 2. The molecule has 0 unspecified atom stereocenters. The maximum absolute atomic E-state index is 13.6. The van der Waals surface area contributed by atoms with E-state index >= 15 is 0 Å². The first kappa shape index (κ1) is 18.2. The van der Waals surface area contributed by atoms with Gasteiger partial charge in [0, 0.05) is 11.6 Å². The van der Waals surface area contributed by atoms with Gasteiger partial charge in [-0.3, -0.25) is 14.3 Å². The molecule has 146 valence electrons. The van der Waals surface area contributed by atoms with Crippen molar-refractivity contribution in [3.05, 3.63) is 39.4 Å². The molecule has 1 aliphatic carbocycles. The molecule has 0 spiro atoms. The lowest BCUT2D eigenvalue weighted by molar-refractivity contribution is 0.0904. The van der Waals surface area contributed by atoms with Crippen molar-refractivity contribution in [2.24, 2.45) is 0 Å². The van der Waals surface area contributed by atoms with Crippen molar-refractivity contribution < 1.29 is 29.6 Å². The van der Waals surface area contributed by atoms with Crippen LogP contribution in [-0.4, -0.2) is 43.3 Å². The highest BCUT2D eigenvalue weighted by molar-refractivity contribution is 6.14. The van der Waals surface area contributed by atoms with Crippen LogP contribution < -0.4 is 4.74 Å². The smallest absolute Gasteiger partial charge is 0.185 e. The summed E-state index contributed by atoms with van der Waals surface area (Å²) in [7, 11) is 0. The Morgan fingerprint density at radius 2 is 1.96 bits per heavy atom. The van der Waals surface area contributed by atoms with Crippen LogP contribution in [-0.2, 0) is 12.0 Å². The normalized spacial score (nSPS) is 19.6. The molecule has 1 aromatic heterocycles. The van der Waals surface area contributed by atoms with Crippen LogP contribution in [0.25, 0.3) is 6.08 Å². The number of nitrogens with zero attached hydrogens (tertiary/aromatic N) is 2. The first-order chi connectivity index (χ1) is 13.1. The van der Waals surface area contributed by atoms with Crippen molar-refractivity contribution in [1.29, 1.82) is 0 Å². The number of fused-ring (bicyclic) bond motifs is 4. The molecule has 0 saturated carbocycles. The number of hydrogen-bond donors (Lipinski definition) is 3. The van der Waals surface area contributed by atoms with Crippen molar-refractivity contribution in [2.45, 2.75) is 39.7 Å². The number of aliphatic hydroxyl groups is 1. The summed E-state index contributed by atoms with van der Waals surface area (Å²) in [6.07, 6.45) is 1.64. The number of aromatic nitrogens is 2. The summed E-state index contributed by atoms with van der Waals surface area (Å²) < 4.78 is 7.41. The number of aryl methyl sites for hydroxylation is 1. The Labute approximate surface area is 160 Å². The van der Waals surface area contributed by atoms with Crippen LogP contribution in [0.3, 0.4) is 0 Å². The summed E-state index contributed by atoms with van der Waals surface area (Å²) in [6.45, 7) is 6.15. The predicted molar refractivity (Wildman–Crippen MR) is 98.9 cm³/mol. The minimum absolute atomic E-state index is 0.000302. The number of ether oxygens (including phenoxy) is 1. The molecule has 8 heteroatoms. The third-order valence-corrected chi connectivity index (χ3v) is 5.62. The summed E-state index contributed by atoms with van der Waals surface area (Å²) in [4.78, 5) is 25.7. The van der Waals surface area contributed by atoms with E-state index < -0.39 is 11.2 Å². The molecule has 1 aromatic carbocycles. The van der Waals surface area contributed by atoms with E-state index in [0.29, 0.717) is 17.0 Å². The molecular formula is C20H20N2O6. The Balaban J connectivity index is 2.05. The van der Waals surface area contributed by atoms with Gasteiger partial charge in [0.05, 0.1) is 35.7 Å². The molecule has 2 heterocycles. The number of phenols is 2. The monoisotopic (exact) mass is 384 g/mol. The van der Waals surface area contributed by atoms with E-state index in [-0.39, 0.29) is 58.6 Å². The minimum atomic E-state index is -1.35. The van der Waals surface area contributed by atoms with E-state index in [0.717, 1.165) is 0 Å². The van der Waals surface area contributed by atoms with Gasteiger partial charge in [0.1, 0.15) is 34.0 Å². The molecular weight excluding hydrogens is 364 g/mol. The lowest BCUT2D eigenvalue weighted by Crippen LogP contribution is -2.36. The van der Waals surface area contributed by atoms with Crippen molar-refractivity contribution in [3.63, 3.8) is 0 Å². The minimum Gasteiger partial charge on any atom is -0.507 e. The number of aromatic hydroxyl groups is 2. The summed E-state index contributed by atoms with van der Waals surface area (Å²) in [6, 6.07) is 0. The highest BCUT2D eigenvalue weighted by atomic mass is 16.5. The van der Waals surface area contributed by atoms with E-state index in [1.54, 1.807) is 19.9 Å². The van der Waals surface area contributed by atoms with E-state index in [1.807, 2.05) is 0 Å². The topological polar surface area (TPSA) is 122 Å². The quantitative estimate of drug-likeness (QED) is 0.692. The molecule has 0 radical (unpaired) electrons. The van der Waals surface area contributed by atoms with Gasteiger partial charge in [-0.1, -0.05) is 0 Å². The second-order valence-electron chi connectivity index (χ2n) is 7.31. The number of Topliss-reactive ketones (excluding diaryl/α,β-unsaturated/α-hetero) is 2. The highest BCUT2D eigenvalue weighted by Gasteiger charge is 2.55. The third-order valence-electron chi connectivity index (χ3n) is 5.62. The first-order valence-corrected chi connectivity index (χ1v) is 8.87. The molecule has 2 aromatic rings. The van der Waals surface area contributed by atoms with Crippen molar-refractivity contribution in [3.8, 4) is 17.2 Å². The molecule has 1 atom stereocenters. The van der Waals surface area contributed by atoms with Gasteiger partial charge in [0.2, 0.25) is 0 Å². The fourth-order valence-electron chi connectivity index (χ4n) is 4.12. The average Bonchev–Trinajstić information content (AvgIpc) is 3.09. The Bertz CT molecular complexity index is 1110. The summed E-state index contributed by atoms with van der Waals surface area (Å²) in [5.74, 6) is -1.16. The zero-order chi connectivity index (χ0) is 20.5. The largest absolute Gasteiger partial charge is 0.507 e. The lowest BCUT2D eigenvalue weighted by atomic mass is 9.71. The van der Waals surface area contributed by atoms with Gasteiger partial charge in [-0.15, -0.1) is 0 Å². The first-order valence-electron chi connectivity index (χ1n) is 8.87. The Hall–Kier alpha value is -3.13. The SMILES string of the molecule is CC(=O)c1c(O)c(C)c(O)c2c1OC1=Cc3c(c(C)nn3CCO)C(=O)[C@@]12C. The summed E-state index contributed by atoms with van der Waals surface area (Å²) in [5, 5.41) is 34.7. The fourth-order valence-corrected chi connectivity index (χ4v) is 4.12. The van der Waals surface area contributed by atoms with Crippen LogP contribution in [0.2, 0.25) is 0 Å². The second kappa shape index (κ2) is 5.68. The van der Waals surface area contributed by atoms with Crippen molar-refractivity contribution in [2.75, 3.05) is 6.61 Å². The molecule has 0 amide bonds. The molecule has 4 rings (SSSR count). The Morgan fingerprint density at radius 3 is 2.57 bits per heavy atom. The number of phenolic OH excluding ortho intramolecular Hbond substituents is 2. The molecule has 8 nitrogen and oxygen atoms in total. The Morgan fingerprint density at radius 1 is 1.29 bits per heavy atom. The molecule has 0 saturated heterocycles. The molecule has 3 N–H and O–H groups in total. The van der Waals surface area contributed by atoms with Gasteiger partial charge < -0.3 is 20.1 Å². The van der Waals surface area contributed by atoms with Gasteiger partial charge in [0.15, 0.2) is 11.6 Å². The maximum atomic E-state index is 13.6. The van der Waals surface area contributed by atoms with Crippen LogP contribution in [0.4, 0.5) is 0 Å². The van der Waals surface area contributed by atoms with Crippen molar-refractivity contribution in [1.82, 2.24) is 9.78 Å². The fraction of sp³-hybridized carbons (Fsp3) is 0.350. The van der Waals surface area contributed by atoms with E-state index in [2.05, 4.69) is 5.10 Å². The zero-order valence-electron chi connectivity index (χ0n) is 16.0. The van der Waals surface area contributed by atoms with Gasteiger partial charge in [-0.2, -0.15) is 5.10 Å². The number of carbonyl (C=O) groups is 2. The highest BCUT2D eigenvalue weighted by Crippen LogP contribution is 2.58. The Kier molecular flexibility index (Phi) is 3.70. The van der Waals surface area contributed by atoms with E-state index in [1.165, 1.54) is 18.5 Å². The number of hydrogen-bond acceptors (Lipinski definition) is 7. The summed E-state index contributed by atoms with van der Waals surface area (Å²) in [5.41, 5.74) is 0.248. The maximum Gasteiger partial charge on any atom is 0.185 e. The molecule has 28 heavy (non-hydrogen) atoms. The number of ketones is 2. The van der Waals surface area contributed by atoms with Gasteiger partial charge >= 0.3 is 0 Å². The predicted octanol–water partition coefficient (Wildman–Crippen LogP) is 1.99. The molecule has 0 fully saturated rings. The standard InChI is InChI=1S/C20H20N2O6/c1-8-16(25)14(10(3)24)18-15(17(8)26)20(4)12(28-18)7-11-13(19(20)27)9(2)21-22(11)5-6-23/h7,23,25-26H,5-6H2,1-4H3/t20-/m0/s1. The average molecular weight is 384 g/mol. The molecule has 0 bridgehead atoms. The van der Waals surface area contributed by atoms with Gasteiger partial charge in [-0.05, 0) is 27.7 Å². The molecule has 1 aliphatic heterocycles.